The molecule has 0 radical (unpaired) electrons. The highest BCUT2D eigenvalue weighted by Gasteiger charge is 2.23. The number of carboxylic acids is 1. The number of hydrogen-bond acceptors (Lipinski definition) is 3. The summed E-state index contributed by atoms with van der Waals surface area (Å²) in [4.78, 5) is 15.4. The molecule has 1 heterocycles. The number of hydrogen-bond donors (Lipinski definition) is 1. The minimum absolute atomic E-state index is 0.104. The van der Waals surface area contributed by atoms with Gasteiger partial charge in [0.1, 0.15) is 0 Å². The Kier molecular flexibility index (Phi) is 4.56. The van der Waals surface area contributed by atoms with Crippen molar-refractivity contribution in [2.75, 3.05) is 27.2 Å². The van der Waals surface area contributed by atoms with Crippen LogP contribution in [-0.2, 0) is 17.8 Å². The molecule has 0 saturated carbocycles. The zero-order valence-corrected chi connectivity index (χ0v) is 11.7. The first kappa shape index (κ1) is 14.0. The fourth-order valence-electron chi connectivity index (χ4n) is 2.57. The van der Waals surface area contributed by atoms with Crippen molar-refractivity contribution in [3.8, 4) is 0 Å². The molecule has 1 aromatic rings. The Labute approximate surface area is 114 Å². The van der Waals surface area contributed by atoms with Gasteiger partial charge in [0.2, 0.25) is 0 Å². The molecule has 1 atom stereocenters. The third-order valence-corrected chi connectivity index (χ3v) is 3.76. The monoisotopic (exact) mass is 262 g/mol. The summed E-state index contributed by atoms with van der Waals surface area (Å²) in [5, 5.41) is 8.73. The molecule has 1 aromatic carbocycles. The molecule has 1 N–H and O–H groups in total. The van der Waals surface area contributed by atoms with E-state index in [9.17, 15) is 4.79 Å². The van der Waals surface area contributed by atoms with Crippen molar-refractivity contribution in [3.63, 3.8) is 0 Å². The molecule has 0 spiro atoms. The van der Waals surface area contributed by atoms with Gasteiger partial charge in [0.15, 0.2) is 0 Å². The lowest BCUT2D eigenvalue weighted by atomic mass is 10.1. The van der Waals surface area contributed by atoms with Gasteiger partial charge in [-0.3, -0.25) is 9.69 Å². The van der Waals surface area contributed by atoms with Crippen LogP contribution in [0.15, 0.2) is 24.3 Å². The number of carbonyl (C=O) groups is 1. The zero-order chi connectivity index (χ0) is 13.8. The van der Waals surface area contributed by atoms with Crippen LogP contribution in [0.4, 0.5) is 0 Å². The molecule has 0 aromatic heterocycles. The standard InChI is InChI=1S/C15H22N2O2/c1-16(2)14-7-8-17(11-14)10-13-5-3-12(4-6-13)9-15(18)19/h3-6,14H,7-11H2,1-2H3,(H,18,19). The van der Waals surface area contributed by atoms with Gasteiger partial charge in [0.05, 0.1) is 6.42 Å². The Hall–Kier alpha value is -1.39. The number of nitrogens with zero attached hydrogens (tertiary/aromatic N) is 2. The SMILES string of the molecule is CN(C)C1CCN(Cc2ccc(CC(=O)O)cc2)C1. The van der Waals surface area contributed by atoms with Crippen molar-refractivity contribution in [1.29, 1.82) is 0 Å². The minimum Gasteiger partial charge on any atom is -0.481 e. The first-order valence-corrected chi connectivity index (χ1v) is 6.73. The van der Waals surface area contributed by atoms with E-state index in [1.54, 1.807) is 0 Å². The molecule has 1 saturated heterocycles. The van der Waals surface area contributed by atoms with Gasteiger partial charge >= 0.3 is 5.97 Å². The number of likely N-dealkylation sites (N-methyl/N-ethyl adjacent to an activating group) is 1. The van der Waals surface area contributed by atoms with E-state index >= 15 is 0 Å². The van der Waals surface area contributed by atoms with Gasteiger partial charge in [-0.05, 0) is 31.6 Å². The molecular weight excluding hydrogens is 240 g/mol. The molecule has 4 heteroatoms. The molecule has 1 aliphatic heterocycles. The molecule has 0 amide bonds. The van der Waals surface area contributed by atoms with Gasteiger partial charge in [-0.25, -0.2) is 0 Å². The van der Waals surface area contributed by atoms with E-state index in [2.05, 4.69) is 23.9 Å². The lowest BCUT2D eigenvalue weighted by molar-refractivity contribution is -0.136. The summed E-state index contributed by atoms with van der Waals surface area (Å²) in [5.41, 5.74) is 2.12. The first-order valence-electron chi connectivity index (χ1n) is 6.73. The molecular formula is C15H22N2O2. The van der Waals surface area contributed by atoms with E-state index in [-0.39, 0.29) is 6.42 Å². The second kappa shape index (κ2) is 6.17. The lowest BCUT2D eigenvalue weighted by Crippen LogP contribution is -2.31. The Morgan fingerprint density at radius 3 is 2.47 bits per heavy atom. The van der Waals surface area contributed by atoms with Gasteiger partial charge in [-0.15, -0.1) is 0 Å². The number of carboxylic acid groups (broad SMARTS) is 1. The van der Waals surface area contributed by atoms with Gasteiger partial charge in [0.25, 0.3) is 0 Å². The molecule has 0 bridgehead atoms. The summed E-state index contributed by atoms with van der Waals surface area (Å²) >= 11 is 0. The summed E-state index contributed by atoms with van der Waals surface area (Å²) in [5.74, 6) is -0.777. The van der Waals surface area contributed by atoms with Crippen LogP contribution in [0.1, 0.15) is 17.5 Å². The van der Waals surface area contributed by atoms with Crippen LogP contribution in [0.5, 0.6) is 0 Å². The fraction of sp³-hybridized carbons (Fsp3) is 0.533. The Bertz CT molecular complexity index is 428. The van der Waals surface area contributed by atoms with Crippen LogP contribution < -0.4 is 0 Å². The third kappa shape index (κ3) is 4.04. The maximum Gasteiger partial charge on any atom is 0.307 e. The number of rotatable bonds is 5. The van der Waals surface area contributed by atoms with E-state index in [4.69, 9.17) is 5.11 Å². The van der Waals surface area contributed by atoms with Gasteiger partial charge in [0, 0.05) is 25.7 Å². The number of benzene rings is 1. The van der Waals surface area contributed by atoms with Crippen molar-refractivity contribution in [2.24, 2.45) is 0 Å². The van der Waals surface area contributed by atoms with Crippen molar-refractivity contribution < 1.29 is 9.90 Å². The molecule has 1 unspecified atom stereocenters. The van der Waals surface area contributed by atoms with Crippen LogP contribution >= 0.6 is 0 Å². The molecule has 19 heavy (non-hydrogen) atoms. The predicted molar refractivity (Wildman–Crippen MR) is 75.2 cm³/mol. The fourth-order valence-corrected chi connectivity index (χ4v) is 2.57. The van der Waals surface area contributed by atoms with E-state index in [1.165, 1.54) is 12.0 Å². The summed E-state index contributed by atoms with van der Waals surface area (Å²) in [6, 6.07) is 8.58. The highest BCUT2D eigenvalue weighted by molar-refractivity contribution is 5.70. The largest absolute Gasteiger partial charge is 0.481 e. The summed E-state index contributed by atoms with van der Waals surface area (Å²) in [6.07, 6.45) is 1.33. The van der Waals surface area contributed by atoms with Crippen molar-refractivity contribution >= 4 is 5.97 Å². The number of aliphatic carboxylic acids is 1. The minimum atomic E-state index is -0.777. The lowest BCUT2D eigenvalue weighted by Gasteiger charge is -2.20. The van der Waals surface area contributed by atoms with Crippen molar-refractivity contribution in [2.45, 2.75) is 25.4 Å². The van der Waals surface area contributed by atoms with Crippen LogP contribution in [0.2, 0.25) is 0 Å². The summed E-state index contributed by atoms with van der Waals surface area (Å²) in [7, 11) is 4.27. The molecule has 1 aliphatic rings. The van der Waals surface area contributed by atoms with E-state index < -0.39 is 5.97 Å². The maximum absolute atomic E-state index is 10.6. The average molecular weight is 262 g/mol. The summed E-state index contributed by atoms with van der Waals surface area (Å²) < 4.78 is 0. The van der Waals surface area contributed by atoms with Crippen LogP contribution in [-0.4, -0.2) is 54.1 Å². The molecule has 4 nitrogen and oxygen atoms in total. The maximum atomic E-state index is 10.6. The normalized spacial score (nSPS) is 20.1. The molecule has 2 rings (SSSR count). The quantitative estimate of drug-likeness (QED) is 0.872. The molecule has 104 valence electrons. The third-order valence-electron chi connectivity index (χ3n) is 3.76. The average Bonchev–Trinajstić information content (AvgIpc) is 2.80. The van der Waals surface area contributed by atoms with E-state index in [0.29, 0.717) is 6.04 Å². The molecule has 1 fully saturated rings. The smallest absolute Gasteiger partial charge is 0.307 e. The molecule has 0 aliphatic carbocycles. The van der Waals surface area contributed by atoms with Gasteiger partial charge < -0.3 is 10.0 Å². The zero-order valence-electron chi connectivity index (χ0n) is 11.7. The van der Waals surface area contributed by atoms with Crippen LogP contribution in [0.3, 0.4) is 0 Å². The second-order valence-electron chi connectivity index (χ2n) is 5.53. The highest BCUT2D eigenvalue weighted by Crippen LogP contribution is 2.16. The van der Waals surface area contributed by atoms with E-state index in [0.717, 1.165) is 25.2 Å². The highest BCUT2D eigenvalue weighted by atomic mass is 16.4. The van der Waals surface area contributed by atoms with Gasteiger partial charge in [-0.2, -0.15) is 0 Å². The topological polar surface area (TPSA) is 43.8 Å². The summed E-state index contributed by atoms with van der Waals surface area (Å²) in [6.45, 7) is 3.21. The van der Waals surface area contributed by atoms with Crippen molar-refractivity contribution in [3.05, 3.63) is 35.4 Å². The van der Waals surface area contributed by atoms with Gasteiger partial charge in [-0.1, -0.05) is 24.3 Å². The van der Waals surface area contributed by atoms with Crippen LogP contribution in [0, 0.1) is 0 Å². The van der Waals surface area contributed by atoms with Crippen LogP contribution in [0.25, 0.3) is 0 Å². The number of likely N-dealkylation sites (tertiary alicyclic amines) is 1. The Morgan fingerprint density at radius 1 is 1.32 bits per heavy atom. The van der Waals surface area contributed by atoms with E-state index in [1.807, 2.05) is 24.3 Å². The second-order valence-corrected chi connectivity index (χ2v) is 5.53. The van der Waals surface area contributed by atoms with Crippen molar-refractivity contribution in [1.82, 2.24) is 9.80 Å². The Morgan fingerprint density at radius 2 is 1.95 bits per heavy atom. The predicted octanol–water partition coefficient (Wildman–Crippen LogP) is 1.45. The first-order chi connectivity index (χ1) is 9.04. The Balaban J connectivity index is 1.88.